The van der Waals surface area contributed by atoms with E-state index in [1.165, 1.54) is 5.56 Å². The summed E-state index contributed by atoms with van der Waals surface area (Å²) in [6.07, 6.45) is 1.12. The number of anilines is 1. The van der Waals surface area contributed by atoms with Crippen molar-refractivity contribution in [2.75, 3.05) is 5.32 Å². The number of amides is 1. The summed E-state index contributed by atoms with van der Waals surface area (Å²) in [5.74, 6) is 0.496. The molecule has 0 heterocycles. The van der Waals surface area contributed by atoms with Gasteiger partial charge in [0.15, 0.2) is 0 Å². The first-order valence-corrected chi connectivity index (χ1v) is 7.08. The van der Waals surface area contributed by atoms with Crippen LogP contribution in [0.2, 0.25) is 0 Å². The molecule has 1 amide bonds. The monoisotopic (exact) mass is 267 g/mol. The Morgan fingerprint density at radius 3 is 2.35 bits per heavy atom. The number of nitrogens with one attached hydrogen (secondary N) is 1. The Morgan fingerprint density at radius 1 is 1.10 bits per heavy atom. The van der Waals surface area contributed by atoms with Gasteiger partial charge in [0.2, 0.25) is 0 Å². The van der Waals surface area contributed by atoms with E-state index in [1.807, 2.05) is 43.3 Å². The molecule has 0 aromatic heterocycles. The molecule has 2 nitrogen and oxygen atoms in total. The third-order valence-corrected chi connectivity index (χ3v) is 3.74. The highest BCUT2D eigenvalue weighted by Gasteiger charge is 2.09. The maximum absolute atomic E-state index is 12.2. The molecule has 0 unspecified atom stereocenters. The largest absolute Gasteiger partial charge is 0.322 e. The topological polar surface area (TPSA) is 29.1 Å². The highest BCUT2D eigenvalue weighted by atomic mass is 16.1. The first-order chi connectivity index (χ1) is 9.61. The van der Waals surface area contributed by atoms with Crippen LogP contribution in [0.4, 0.5) is 5.69 Å². The molecule has 2 aromatic rings. The van der Waals surface area contributed by atoms with Crippen molar-refractivity contribution in [1.29, 1.82) is 0 Å². The quantitative estimate of drug-likeness (QED) is 0.850. The van der Waals surface area contributed by atoms with Gasteiger partial charge in [-0.05, 0) is 48.6 Å². The van der Waals surface area contributed by atoms with Crippen molar-refractivity contribution < 1.29 is 4.79 Å². The van der Waals surface area contributed by atoms with Crippen molar-refractivity contribution in [3.63, 3.8) is 0 Å². The third-order valence-electron chi connectivity index (χ3n) is 3.74. The molecule has 0 fully saturated rings. The van der Waals surface area contributed by atoms with Crippen molar-refractivity contribution in [3.8, 4) is 0 Å². The van der Waals surface area contributed by atoms with Crippen molar-refractivity contribution in [2.45, 2.75) is 33.1 Å². The van der Waals surface area contributed by atoms with Crippen molar-refractivity contribution in [2.24, 2.45) is 0 Å². The first kappa shape index (κ1) is 14.3. The van der Waals surface area contributed by atoms with Gasteiger partial charge in [-0.1, -0.05) is 44.2 Å². The van der Waals surface area contributed by atoms with Crippen molar-refractivity contribution in [3.05, 3.63) is 65.2 Å². The van der Waals surface area contributed by atoms with Crippen LogP contribution in [-0.4, -0.2) is 5.91 Å². The number of hydrogen-bond donors (Lipinski definition) is 1. The SMILES string of the molecule is CC[C@@H](C)c1ccc(NC(=O)c2ccccc2C)cc1. The predicted molar refractivity (Wildman–Crippen MR) is 84.3 cm³/mol. The lowest BCUT2D eigenvalue weighted by Crippen LogP contribution is -2.13. The Kier molecular flexibility index (Phi) is 4.57. The van der Waals surface area contributed by atoms with E-state index in [1.54, 1.807) is 0 Å². The van der Waals surface area contributed by atoms with E-state index >= 15 is 0 Å². The van der Waals surface area contributed by atoms with Crippen molar-refractivity contribution in [1.82, 2.24) is 0 Å². The standard InChI is InChI=1S/C18H21NO/c1-4-13(2)15-9-11-16(12-10-15)19-18(20)17-8-6-5-7-14(17)3/h5-13H,4H2,1-3H3,(H,19,20)/t13-/m1/s1. The fourth-order valence-electron chi connectivity index (χ4n) is 2.16. The van der Waals surface area contributed by atoms with Crippen molar-refractivity contribution >= 4 is 11.6 Å². The van der Waals surface area contributed by atoms with Crippen LogP contribution in [0.15, 0.2) is 48.5 Å². The summed E-state index contributed by atoms with van der Waals surface area (Å²) in [4.78, 5) is 12.2. The van der Waals surface area contributed by atoms with Crippen LogP contribution in [0.5, 0.6) is 0 Å². The Hall–Kier alpha value is -2.09. The zero-order valence-electron chi connectivity index (χ0n) is 12.3. The molecule has 1 N–H and O–H groups in total. The van der Waals surface area contributed by atoms with Crippen LogP contribution < -0.4 is 5.32 Å². The molecule has 0 aliphatic rings. The molecule has 0 bridgehead atoms. The molecular weight excluding hydrogens is 246 g/mol. The molecule has 2 rings (SSSR count). The van der Waals surface area contributed by atoms with Gasteiger partial charge in [0.1, 0.15) is 0 Å². The maximum atomic E-state index is 12.2. The molecule has 1 atom stereocenters. The van der Waals surface area contributed by atoms with Crippen LogP contribution in [0.1, 0.15) is 47.7 Å². The second-order valence-corrected chi connectivity index (χ2v) is 5.20. The zero-order valence-corrected chi connectivity index (χ0v) is 12.3. The van der Waals surface area contributed by atoms with Gasteiger partial charge in [-0.15, -0.1) is 0 Å². The van der Waals surface area contributed by atoms with Gasteiger partial charge in [-0.2, -0.15) is 0 Å². The number of carbonyl (C=O) groups excluding carboxylic acids is 1. The Balaban J connectivity index is 2.11. The molecule has 0 spiro atoms. The van der Waals surface area contributed by atoms with Gasteiger partial charge in [0, 0.05) is 11.3 Å². The number of carbonyl (C=O) groups is 1. The van der Waals surface area contributed by atoms with Crippen LogP contribution in [0.3, 0.4) is 0 Å². The van der Waals surface area contributed by atoms with E-state index in [4.69, 9.17) is 0 Å². The fourth-order valence-corrected chi connectivity index (χ4v) is 2.16. The highest BCUT2D eigenvalue weighted by molar-refractivity contribution is 6.05. The van der Waals surface area contributed by atoms with Gasteiger partial charge in [0.05, 0.1) is 0 Å². The molecule has 104 valence electrons. The first-order valence-electron chi connectivity index (χ1n) is 7.08. The molecule has 2 aromatic carbocycles. The molecule has 20 heavy (non-hydrogen) atoms. The average Bonchev–Trinajstić information content (AvgIpc) is 2.47. The Morgan fingerprint density at radius 2 is 1.75 bits per heavy atom. The van der Waals surface area contributed by atoms with E-state index in [0.717, 1.165) is 23.2 Å². The van der Waals surface area contributed by atoms with Crippen LogP contribution in [0, 0.1) is 6.92 Å². The van der Waals surface area contributed by atoms with Crippen LogP contribution >= 0.6 is 0 Å². The molecular formula is C18H21NO. The van der Waals surface area contributed by atoms with Crippen LogP contribution in [0.25, 0.3) is 0 Å². The molecule has 0 aliphatic carbocycles. The van der Waals surface area contributed by atoms with E-state index in [-0.39, 0.29) is 5.91 Å². The lowest BCUT2D eigenvalue weighted by atomic mass is 9.98. The summed E-state index contributed by atoms with van der Waals surface area (Å²) in [5.41, 5.74) is 3.85. The van der Waals surface area contributed by atoms with Gasteiger partial charge >= 0.3 is 0 Å². The second-order valence-electron chi connectivity index (χ2n) is 5.20. The number of hydrogen-bond acceptors (Lipinski definition) is 1. The number of aryl methyl sites for hydroxylation is 1. The third kappa shape index (κ3) is 3.27. The van der Waals surface area contributed by atoms with E-state index < -0.39 is 0 Å². The number of rotatable bonds is 4. The summed E-state index contributed by atoms with van der Waals surface area (Å²) in [7, 11) is 0. The summed E-state index contributed by atoms with van der Waals surface area (Å²) in [5, 5.41) is 2.94. The minimum Gasteiger partial charge on any atom is -0.322 e. The Labute approximate surface area is 120 Å². The molecule has 0 radical (unpaired) electrons. The normalized spacial score (nSPS) is 11.9. The molecule has 0 aliphatic heterocycles. The highest BCUT2D eigenvalue weighted by Crippen LogP contribution is 2.21. The van der Waals surface area contributed by atoms with Gasteiger partial charge in [-0.25, -0.2) is 0 Å². The smallest absolute Gasteiger partial charge is 0.255 e. The van der Waals surface area contributed by atoms with Gasteiger partial charge in [-0.3, -0.25) is 4.79 Å². The fraction of sp³-hybridized carbons (Fsp3) is 0.278. The van der Waals surface area contributed by atoms with Crippen LogP contribution in [-0.2, 0) is 0 Å². The molecule has 2 heteroatoms. The maximum Gasteiger partial charge on any atom is 0.255 e. The lowest BCUT2D eigenvalue weighted by Gasteiger charge is -2.11. The van der Waals surface area contributed by atoms with E-state index in [0.29, 0.717) is 5.92 Å². The van der Waals surface area contributed by atoms with Gasteiger partial charge < -0.3 is 5.32 Å². The minimum atomic E-state index is -0.0561. The summed E-state index contributed by atoms with van der Waals surface area (Å²) in [6, 6.07) is 15.7. The summed E-state index contributed by atoms with van der Waals surface area (Å²) >= 11 is 0. The summed E-state index contributed by atoms with van der Waals surface area (Å²) < 4.78 is 0. The second kappa shape index (κ2) is 6.38. The predicted octanol–water partition coefficient (Wildman–Crippen LogP) is 4.76. The average molecular weight is 267 g/mol. The zero-order chi connectivity index (χ0) is 14.5. The minimum absolute atomic E-state index is 0.0561. The molecule has 0 saturated carbocycles. The Bertz CT molecular complexity index is 587. The lowest BCUT2D eigenvalue weighted by molar-refractivity contribution is 0.102. The molecule has 0 saturated heterocycles. The number of benzene rings is 2. The summed E-state index contributed by atoms with van der Waals surface area (Å²) in [6.45, 7) is 6.33. The van der Waals surface area contributed by atoms with Gasteiger partial charge in [0.25, 0.3) is 5.91 Å². The van der Waals surface area contributed by atoms with E-state index in [2.05, 4.69) is 31.3 Å². The van der Waals surface area contributed by atoms with E-state index in [9.17, 15) is 4.79 Å².